The van der Waals surface area contributed by atoms with E-state index in [9.17, 15) is 18.0 Å². The number of nitrogens with zero attached hydrogens (tertiary/aromatic N) is 1. The SMILES string of the molecule is O=C(CC1CC1)NC[C@]12COC[C@H]1CN(CCc1ccccc1)C2.O=C(O)C(F)(F)F. The molecule has 3 aliphatic rings. The summed E-state index contributed by atoms with van der Waals surface area (Å²) in [6.07, 6.45) is -0.799. The van der Waals surface area contributed by atoms with E-state index in [2.05, 4.69) is 40.5 Å². The van der Waals surface area contributed by atoms with Crippen LogP contribution in [0.5, 0.6) is 0 Å². The number of hydrogen-bond donors (Lipinski definition) is 2. The van der Waals surface area contributed by atoms with Crippen LogP contribution in [0, 0.1) is 17.3 Å². The Morgan fingerprint density at radius 1 is 1.23 bits per heavy atom. The average molecular weight is 442 g/mol. The fraction of sp³-hybridized carbons (Fsp3) is 0.636. The van der Waals surface area contributed by atoms with Gasteiger partial charge in [-0.3, -0.25) is 4.79 Å². The minimum atomic E-state index is -5.08. The van der Waals surface area contributed by atoms with Gasteiger partial charge in [0.05, 0.1) is 13.2 Å². The zero-order valence-corrected chi connectivity index (χ0v) is 17.4. The summed E-state index contributed by atoms with van der Waals surface area (Å²) in [5, 5.41) is 10.3. The van der Waals surface area contributed by atoms with Gasteiger partial charge in [0.1, 0.15) is 0 Å². The van der Waals surface area contributed by atoms with Gasteiger partial charge in [0.2, 0.25) is 5.91 Å². The molecular weight excluding hydrogens is 413 g/mol. The molecule has 3 fully saturated rings. The highest BCUT2D eigenvalue weighted by Crippen LogP contribution is 2.41. The number of ether oxygens (including phenoxy) is 1. The van der Waals surface area contributed by atoms with Gasteiger partial charge in [0.15, 0.2) is 0 Å². The molecule has 1 saturated carbocycles. The maximum Gasteiger partial charge on any atom is 0.490 e. The van der Waals surface area contributed by atoms with E-state index in [4.69, 9.17) is 14.6 Å². The van der Waals surface area contributed by atoms with E-state index in [0.29, 0.717) is 11.8 Å². The van der Waals surface area contributed by atoms with Crippen LogP contribution in [-0.2, 0) is 20.7 Å². The zero-order chi connectivity index (χ0) is 22.5. The largest absolute Gasteiger partial charge is 0.490 e. The van der Waals surface area contributed by atoms with Crippen molar-refractivity contribution in [2.24, 2.45) is 17.3 Å². The molecule has 1 amide bonds. The Balaban J connectivity index is 0.000000339. The van der Waals surface area contributed by atoms with Crippen molar-refractivity contribution in [3.05, 3.63) is 35.9 Å². The summed E-state index contributed by atoms with van der Waals surface area (Å²) in [5.41, 5.74) is 1.54. The summed E-state index contributed by atoms with van der Waals surface area (Å²) < 4.78 is 37.5. The van der Waals surface area contributed by atoms with Crippen molar-refractivity contribution in [1.82, 2.24) is 10.2 Å². The van der Waals surface area contributed by atoms with E-state index in [1.165, 1.54) is 18.4 Å². The van der Waals surface area contributed by atoms with Crippen molar-refractivity contribution < 1.29 is 32.6 Å². The molecule has 0 aromatic heterocycles. The minimum Gasteiger partial charge on any atom is -0.475 e. The molecule has 0 bridgehead atoms. The van der Waals surface area contributed by atoms with Gasteiger partial charge in [0.25, 0.3) is 0 Å². The normalized spacial score (nSPS) is 25.5. The van der Waals surface area contributed by atoms with Crippen molar-refractivity contribution in [1.29, 1.82) is 0 Å². The maximum atomic E-state index is 12.1. The predicted molar refractivity (Wildman–Crippen MR) is 107 cm³/mol. The van der Waals surface area contributed by atoms with Crippen molar-refractivity contribution in [2.45, 2.75) is 31.9 Å². The van der Waals surface area contributed by atoms with Crippen molar-refractivity contribution in [2.75, 3.05) is 39.4 Å². The standard InChI is InChI=1S/C20H28N2O2.C2HF3O2/c23-19(10-17-6-7-17)21-13-20-14-22(11-18(20)12-24-15-20)9-8-16-4-2-1-3-5-16;3-2(4,5)1(6)7/h1-5,17-18H,6-15H2,(H,21,23);(H,6,7)/t18-,20+;/m1./s1. The van der Waals surface area contributed by atoms with Crippen molar-refractivity contribution in [3.8, 4) is 0 Å². The van der Waals surface area contributed by atoms with E-state index in [1.807, 2.05) is 0 Å². The summed E-state index contributed by atoms with van der Waals surface area (Å²) >= 11 is 0. The third-order valence-electron chi connectivity index (χ3n) is 6.20. The Morgan fingerprint density at radius 3 is 2.52 bits per heavy atom. The van der Waals surface area contributed by atoms with Gasteiger partial charge in [0, 0.05) is 43.9 Å². The van der Waals surface area contributed by atoms with E-state index in [-0.39, 0.29) is 11.3 Å². The smallest absolute Gasteiger partial charge is 0.475 e. The van der Waals surface area contributed by atoms with E-state index >= 15 is 0 Å². The van der Waals surface area contributed by atoms with Gasteiger partial charge in [-0.15, -0.1) is 0 Å². The molecule has 4 rings (SSSR count). The number of benzene rings is 1. The molecule has 2 atom stereocenters. The Hall–Kier alpha value is -2.13. The van der Waals surface area contributed by atoms with Crippen LogP contribution in [0.1, 0.15) is 24.8 Å². The highest BCUT2D eigenvalue weighted by Gasteiger charge is 2.50. The first-order chi connectivity index (χ1) is 14.7. The van der Waals surface area contributed by atoms with E-state index < -0.39 is 12.1 Å². The molecular formula is C22H29F3N2O4. The first-order valence-electron chi connectivity index (χ1n) is 10.6. The third-order valence-corrected chi connectivity index (χ3v) is 6.20. The number of likely N-dealkylation sites (tertiary alicyclic amines) is 1. The average Bonchev–Trinajstić information content (AvgIpc) is 3.33. The molecule has 0 spiro atoms. The van der Waals surface area contributed by atoms with Crippen LogP contribution >= 0.6 is 0 Å². The number of carbonyl (C=O) groups is 2. The van der Waals surface area contributed by atoms with Gasteiger partial charge in [-0.05, 0) is 30.7 Å². The van der Waals surface area contributed by atoms with Crippen LogP contribution in [0.15, 0.2) is 30.3 Å². The number of carboxylic acid groups (broad SMARTS) is 1. The van der Waals surface area contributed by atoms with Crippen molar-refractivity contribution >= 4 is 11.9 Å². The second-order valence-electron chi connectivity index (χ2n) is 8.77. The lowest BCUT2D eigenvalue weighted by molar-refractivity contribution is -0.192. The first-order valence-corrected chi connectivity index (χ1v) is 10.6. The molecule has 1 aromatic carbocycles. The summed E-state index contributed by atoms with van der Waals surface area (Å²) in [6, 6.07) is 10.7. The molecule has 2 saturated heterocycles. The molecule has 31 heavy (non-hydrogen) atoms. The Morgan fingerprint density at radius 2 is 1.90 bits per heavy atom. The highest BCUT2D eigenvalue weighted by molar-refractivity contribution is 5.76. The van der Waals surface area contributed by atoms with Gasteiger partial charge in [-0.1, -0.05) is 30.3 Å². The highest BCUT2D eigenvalue weighted by atomic mass is 19.4. The van der Waals surface area contributed by atoms with Crippen LogP contribution in [0.2, 0.25) is 0 Å². The van der Waals surface area contributed by atoms with Crippen LogP contribution < -0.4 is 5.32 Å². The lowest BCUT2D eigenvalue weighted by atomic mass is 9.81. The molecule has 0 radical (unpaired) electrons. The summed E-state index contributed by atoms with van der Waals surface area (Å²) in [5.74, 6) is -1.30. The molecule has 2 heterocycles. The number of amides is 1. The molecule has 2 N–H and O–H groups in total. The number of carboxylic acids is 1. The second kappa shape index (κ2) is 9.99. The number of alkyl halides is 3. The zero-order valence-electron chi connectivity index (χ0n) is 17.4. The second-order valence-corrected chi connectivity index (χ2v) is 8.77. The molecule has 0 unspecified atom stereocenters. The minimum absolute atomic E-state index is 0.135. The fourth-order valence-corrected chi connectivity index (χ4v) is 4.23. The van der Waals surface area contributed by atoms with Crippen LogP contribution in [0.3, 0.4) is 0 Å². The van der Waals surface area contributed by atoms with Crippen molar-refractivity contribution in [3.63, 3.8) is 0 Å². The molecule has 1 aromatic rings. The Kier molecular flexibility index (Phi) is 7.59. The maximum absolute atomic E-state index is 12.1. The third kappa shape index (κ3) is 6.93. The molecule has 1 aliphatic carbocycles. The number of rotatable bonds is 7. The van der Waals surface area contributed by atoms with Crippen LogP contribution in [0.4, 0.5) is 13.2 Å². The molecule has 172 valence electrons. The predicted octanol–water partition coefficient (Wildman–Crippen LogP) is 2.73. The lowest BCUT2D eigenvalue weighted by Crippen LogP contribution is -2.43. The number of nitrogens with one attached hydrogen (secondary N) is 1. The van der Waals surface area contributed by atoms with E-state index in [1.54, 1.807) is 0 Å². The topological polar surface area (TPSA) is 78.9 Å². The quantitative estimate of drug-likeness (QED) is 0.679. The lowest BCUT2D eigenvalue weighted by Gasteiger charge is -2.27. The van der Waals surface area contributed by atoms with E-state index in [0.717, 1.165) is 52.2 Å². The molecule has 9 heteroatoms. The van der Waals surface area contributed by atoms with Gasteiger partial charge < -0.3 is 20.1 Å². The first kappa shape index (κ1) is 23.5. The number of hydrogen-bond acceptors (Lipinski definition) is 4. The Labute approximate surface area is 179 Å². The number of carbonyl (C=O) groups excluding carboxylic acids is 1. The summed E-state index contributed by atoms with van der Waals surface area (Å²) in [6.45, 7) is 5.67. The number of fused-ring (bicyclic) bond motifs is 1. The fourth-order valence-electron chi connectivity index (χ4n) is 4.23. The summed E-state index contributed by atoms with van der Waals surface area (Å²) in [7, 11) is 0. The van der Waals surface area contributed by atoms with Crippen LogP contribution in [-0.4, -0.2) is 67.5 Å². The van der Waals surface area contributed by atoms with Gasteiger partial charge >= 0.3 is 12.1 Å². The monoisotopic (exact) mass is 442 g/mol. The molecule has 6 nitrogen and oxygen atoms in total. The van der Waals surface area contributed by atoms with Crippen LogP contribution in [0.25, 0.3) is 0 Å². The summed E-state index contributed by atoms with van der Waals surface area (Å²) in [4.78, 5) is 23.5. The van der Waals surface area contributed by atoms with Gasteiger partial charge in [-0.25, -0.2) is 4.79 Å². The Bertz CT molecular complexity index is 755. The molecule has 2 aliphatic heterocycles. The number of aliphatic carboxylic acids is 1. The van der Waals surface area contributed by atoms with Gasteiger partial charge in [-0.2, -0.15) is 13.2 Å². The number of halogens is 3.